The van der Waals surface area contributed by atoms with E-state index in [1.165, 1.54) is 4.57 Å². The third-order valence-corrected chi connectivity index (χ3v) is 4.39. The van der Waals surface area contributed by atoms with Crippen molar-refractivity contribution in [3.8, 4) is 0 Å². The summed E-state index contributed by atoms with van der Waals surface area (Å²) in [6.45, 7) is 5.81. The molecule has 1 aromatic carbocycles. The van der Waals surface area contributed by atoms with Crippen LogP contribution in [-0.2, 0) is 14.1 Å². The average Bonchev–Trinajstić information content (AvgIpc) is 2.96. The molecule has 2 aromatic heterocycles. The highest BCUT2D eigenvalue weighted by atomic mass is 16.4. The minimum atomic E-state index is -0.437. The van der Waals surface area contributed by atoms with E-state index in [4.69, 9.17) is 4.42 Å². The van der Waals surface area contributed by atoms with Gasteiger partial charge in [-0.1, -0.05) is 0 Å². The quantitative estimate of drug-likeness (QED) is 0.763. The molecule has 0 aliphatic rings. The second-order valence-corrected chi connectivity index (χ2v) is 6.14. The predicted molar refractivity (Wildman–Crippen MR) is 94.7 cm³/mol. The van der Waals surface area contributed by atoms with Gasteiger partial charge in [-0.2, -0.15) is 5.10 Å². The van der Waals surface area contributed by atoms with Gasteiger partial charge in [0, 0.05) is 31.0 Å². The summed E-state index contributed by atoms with van der Waals surface area (Å²) in [7, 11) is 3.50. The lowest BCUT2D eigenvalue weighted by atomic mass is 10.1. The van der Waals surface area contributed by atoms with Gasteiger partial charge in [-0.15, -0.1) is 0 Å². The molecule has 3 rings (SSSR count). The summed E-state index contributed by atoms with van der Waals surface area (Å²) >= 11 is 0. The zero-order valence-electron chi connectivity index (χ0n) is 14.9. The number of nitrogens with one attached hydrogen (secondary N) is 2. The lowest BCUT2D eigenvalue weighted by Gasteiger charge is -2.15. The molecule has 1 atom stereocenters. The van der Waals surface area contributed by atoms with E-state index in [1.54, 1.807) is 29.9 Å². The van der Waals surface area contributed by atoms with E-state index in [1.807, 2.05) is 27.8 Å². The topological polar surface area (TPSA) is 94.1 Å². The SMILES string of the molecule is Cc1nn(C)c(C)c1[C@H](C)NC(=O)Nc1ccc2oc(=O)n(C)c2c1. The third kappa shape index (κ3) is 3.02. The van der Waals surface area contributed by atoms with Gasteiger partial charge in [-0.05, 0) is 39.0 Å². The highest BCUT2D eigenvalue weighted by molar-refractivity contribution is 5.91. The lowest BCUT2D eigenvalue weighted by molar-refractivity contribution is 0.249. The molecule has 0 bridgehead atoms. The number of rotatable bonds is 3. The van der Waals surface area contributed by atoms with E-state index in [0.29, 0.717) is 16.8 Å². The van der Waals surface area contributed by atoms with Crippen molar-refractivity contribution >= 4 is 22.8 Å². The Bertz CT molecular complexity index is 1010. The Morgan fingerprint density at radius 2 is 2.00 bits per heavy atom. The normalized spacial score (nSPS) is 12.4. The summed E-state index contributed by atoms with van der Waals surface area (Å²) in [5, 5.41) is 10.1. The van der Waals surface area contributed by atoms with Crippen molar-refractivity contribution in [2.45, 2.75) is 26.8 Å². The molecule has 0 unspecified atom stereocenters. The van der Waals surface area contributed by atoms with Crippen LogP contribution in [0.4, 0.5) is 10.5 Å². The molecule has 25 heavy (non-hydrogen) atoms. The number of carbonyl (C=O) groups excluding carboxylic acids is 1. The van der Waals surface area contributed by atoms with E-state index >= 15 is 0 Å². The summed E-state index contributed by atoms with van der Waals surface area (Å²) in [6, 6.07) is 4.53. The second kappa shape index (κ2) is 6.12. The van der Waals surface area contributed by atoms with Gasteiger partial charge in [-0.25, -0.2) is 9.59 Å². The molecule has 2 heterocycles. The van der Waals surface area contributed by atoms with Crippen molar-refractivity contribution in [2.75, 3.05) is 5.32 Å². The molecule has 3 aromatic rings. The number of hydrogen-bond donors (Lipinski definition) is 2. The van der Waals surface area contributed by atoms with Crippen molar-refractivity contribution in [3.05, 3.63) is 45.7 Å². The maximum absolute atomic E-state index is 12.3. The lowest BCUT2D eigenvalue weighted by Crippen LogP contribution is -2.31. The number of nitrogens with zero attached hydrogens (tertiary/aromatic N) is 3. The van der Waals surface area contributed by atoms with Crippen LogP contribution in [0.1, 0.15) is 29.9 Å². The van der Waals surface area contributed by atoms with E-state index in [-0.39, 0.29) is 12.1 Å². The maximum Gasteiger partial charge on any atom is 0.419 e. The standard InChI is InChI=1S/C17H21N5O3/c1-9(15-10(2)20-22(5)11(15)3)18-16(23)19-12-6-7-14-13(8-12)21(4)17(24)25-14/h6-9H,1-5H3,(H2,18,19,23)/t9-/m0/s1. The zero-order chi connectivity index (χ0) is 18.3. The van der Waals surface area contributed by atoms with Crippen molar-refractivity contribution in [1.82, 2.24) is 19.7 Å². The highest BCUT2D eigenvalue weighted by Crippen LogP contribution is 2.21. The summed E-state index contributed by atoms with van der Waals surface area (Å²) in [4.78, 5) is 23.8. The predicted octanol–water partition coefficient (Wildman–Crippen LogP) is 2.36. The van der Waals surface area contributed by atoms with Gasteiger partial charge < -0.3 is 15.1 Å². The van der Waals surface area contributed by atoms with Gasteiger partial charge in [0.2, 0.25) is 0 Å². The Morgan fingerprint density at radius 1 is 1.28 bits per heavy atom. The number of urea groups is 1. The molecule has 132 valence electrons. The van der Waals surface area contributed by atoms with Gasteiger partial charge in [0.25, 0.3) is 0 Å². The molecule has 8 heteroatoms. The number of benzene rings is 1. The Hall–Kier alpha value is -3.03. The molecule has 8 nitrogen and oxygen atoms in total. The molecule has 0 spiro atoms. The first-order chi connectivity index (χ1) is 11.8. The van der Waals surface area contributed by atoms with E-state index < -0.39 is 5.76 Å². The first kappa shape index (κ1) is 16.8. The number of aryl methyl sites for hydroxylation is 3. The van der Waals surface area contributed by atoms with Crippen LogP contribution in [0.2, 0.25) is 0 Å². The number of anilines is 1. The number of oxazole rings is 1. The maximum atomic E-state index is 12.3. The number of aromatic nitrogens is 3. The van der Waals surface area contributed by atoms with Gasteiger partial charge in [-0.3, -0.25) is 9.25 Å². The second-order valence-electron chi connectivity index (χ2n) is 6.14. The van der Waals surface area contributed by atoms with Crippen molar-refractivity contribution in [3.63, 3.8) is 0 Å². The fraction of sp³-hybridized carbons (Fsp3) is 0.353. The van der Waals surface area contributed by atoms with Crippen LogP contribution in [0.5, 0.6) is 0 Å². The van der Waals surface area contributed by atoms with Crippen LogP contribution < -0.4 is 16.4 Å². The van der Waals surface area contributed by atoms with Crippen LogP contribution in [-0.4, -0.2) is 20.4 Å². The Kier molecular flexibility index (Phi) is 4.12. The monoisotopic (exact) mass is 343 g/mol. The molecular formula is C17H21N5O3. The smallest absolute Gasteiger partial charge is 0.408 e. The van der Waals surface area contributed by atoms with Crippen molar-refractivity contribution in [2.24, 2.45) is 14.1 Å². The first-order valence-electron chi connectivity index (χ1n) is 7.95. The first-order valence-corrected chi connectivity index (χ1v) is 7.95. The molecule has 0 saturated heterocycles. The number of hydrogen-bond acceptors (Lipinski definition) is 4. The van der Waals surface area contributed by atoms with Gasteiger partial charge in [0.1, 0.15) is 0 Å². The molecule has 0 aliphatic heterocycles. The van der Waals surface area contributed by atoms with Gasteiger partial charge >= 0.3 is 11.8 Å². The summed E-state index contributed by atoms with van der Waals surface area (Å²) in [5.41, 5.74) is 4.59. The van der Waals surface area contributed by atoms with Crippen molar-refractivity contribution < 1.29 is 9.21 Å². The van der Waals surface area contributed by atoms with Gasteiger partial charge in [0.05, 0.1) is 17.3 Å². The molecule has 2 amide bonds. The Balaban J connectivity index is 1.76. The Morgan fingerprint density at radius 3 is 2.64 bits per heavy atom. The largest absolute Gasteiger partial charge is 0.419 e. The van der Waals surface area contributed by atoms with Crippen LogP contribution in [0.3, 0.4) is 0 Å². The molecule has 0 radical (unpaired) electrons. The van der Waals surface area contributed by atoms with E-state index in [9.17, 15) is 9.59 Å². The number of fused-ring (bicyclic) bond motifs is 1. The summed E-state index contributed by atoms with van der Waals surface area (Å²) in [5.74, 6) is -0.437. The van der Waals surface area contributed by atoms with E-state index in [0.717, 1.165) is 17.0 Å². The minimum Gasteiger partial charge on any atom is -0.408 e. The zero-order valence-corrected chi connectivity index (χ0v) is 14.9. The average molecular weight is 343 g/mol. The summed E-state index contributed by atoms with van der Waals surface area (Å²) in [6.07, 6.45) is 0. The third-order valence-electron chi connectivity index (χ3n) is 4.39. The highest BCUT2D eigenvalue weighted by Gasteiger charge is 2.18. The molecular weight excluding hydrogens is 322 g/mol. The van der Waals surface area contributed by atoms with E-state index in [2.05, 4.69) is 15.7 Å². The molecule has 0 saturated carbocycles. The van der Waals surface area contributed by atoms with Crippen LogP contribution in [0, 0.1) is 13.8 Å². The van der Waals surface area contributed by atoms with Crippen LogP contribution >= 0.6 is 0 Å². The Labute approximate surface area is 144 Å². The molecule has 2 N–H and O–H groups in total. The van der Waals surface area contributed by atoms with Crippen LogP contribution in [0.15, 0.2) is 27.4 Å². The van der Waals surface area contributed by atoms with Crippen molar-refractivity contribution in [1.29, 1.82) is 0 Å². The van der Waals surface area contributed by atoms with Gasteiger partial charge in [0.15, 0.2) is 5.58 Å². The molecule has 0 fully saturated rings. The molecule has 0 aliphatic carbocycles. The summed E-state index contributed by atoms with van der Waals surface area (Å²) < 4.78 is 8.27. The minimum absolute atomic E-state index is 0.185. The fourth-order valence-electron chi connectivity index (χ4n) is 3.06. The number of amides is 2. The van der Waals surface area contributed by atoms with Crippen LogP contribution in [0.25, 0.3) is 11.1 Å². The fourth-order valence-corrected chi connectivity index (χ4v) is 3.06. The number of carbonyl (C=O) groups is 1.